The maximum absolute atomic E-state index is 5.35. The van der Waals surface area contributed by atoms with Crippen molar-refractivity contribution in [1.29, 1.82) is 0 Å². The fraction of sp³-hybridized carbons (Fsp3) is 1.00. The zero-order valence-electron chi connectivity index (χ0n) is 9.58. The van der Waals surface area contributed by atoms with Crippen LogP contribution in [0.15, 0.2) is 0 Å². The number of nitrogens with one attached hydrogen (secondary N) is 1. The first-order valence-corrected chi connectivity index (χ1v) is 6.65. The molecule has 1 atom stereocenters. The van der Waals surface area contributed by atoms with Crippen molar-refractivity contribution in [3.63, 3.8) is 0 Å². The van der Waals surface area contributed by atoms with Crippen molar-refractivity contribution in [2.75, 3.05) is 26.0 Å². The van der Waals surface area contributed by atoms with Crippen LogP contribution in [0.1, 0.15) is 26.7 Å². The van der Waals surface area contributed by atoms with Crippen LogP contribution in [0.3, 0.4) is 0 Å². The summed E-state index contributed by atoms with van der Waals surface area (Å²) in [5.41, 5.74) is 0. The van der Waals surface area contributed by atoms with Gasteiger partial charge in [0, 0.05) is 30.3 Å². The fourth-order valence-corrected chi connectivity index (χ4v) is 3.25. The van der Waals surface area contributed by atoms with E-state index in [1.165, 1.54) is 18.6 Å². The van der Waals surface area contributed by atoms with E-state index >= 15 is 0 Å². The highest BCUT2D eigenvalue weighted by Crippen LogP contribution is 2.23. The van der Waals surface area contributed by atoms with E-state index in [1.54, 1.807) is 0 Å². The van der Waals surface area contributed by atoms with E-state index in [4.69, 9.17) is 4.74 Å². The zero-order valence-corrected chi connectivity index (χ0v) is 10.4. The van der Waals surface area contributed by atoms with Gasteiger partial charge < -0.3 is 10.1 Å². The molecule has 1 unspecified atom stereocenters. The molecule has 84 valence electrons. The second-order valence-electron chi connectivity index (χ2n) is 4.28. The molecule has 0 amide bonds. The maximum Gasteiger partial charge on any atom is 0.0476 e. The fourth-order valence-electron chi connectivity index (χ4n) is 1.69. The molecule has 0 aromatic carbocycles. The lowest BCUT2D eigenvalue weighted by molar-refractivity contribution is 0.1000. The highest BCUT2D eigenvalue weighted by molar-refractivity contribution is 7.99. The summed E-state index contributed by atoms with van der Waals surface area (Å²) < 4.78 is 5.35. The lowest BCUT2D eigenvalue weighted by Gasteiger charge is -2.25. The van der Waals surface area contributed by atoms with Gasteiger partial charge in [0.15, 0.2) is 0 Å². The van der Waals surface area contributed by atoms with Gasteiger partial charge in [-0.3, -0.25) is 0 Å². The van der Waals surface area contributed by atoms with Gasteiger partial charge in [0.05, 0.1) is 0 Å². The van der Waals surface area contributed by atoms with Crippen molar-refractivity contribution in [1.82, 2.24) is 5.32 Å². The molecule has 0 saturated carbocycles. The summed E-state index contributed by atoms with van der Waals surface area (Å²) in [6.07, 6.45) is 2.47. The molecule has 0 aromatic rings. The lowest BCUT2D eigenvalue weighted by Crippen LogP contribution is -2.34. The third kappa shape index (κ3) is 4.20. The van der Waals surface area contributed by atoms with Crippen LogP contribution in [0.4, 0.5) is 0 Å². The van der Waals surface area contributed by atoms with Gasteiger partial charge in [-0.25, -0.2) is 0 Å². The van der Waals surface area contributed by atoms with Gasteiger partial charge in [-0.05, 0) is 25.8 Å². The van der Waals surface area contributed by atoms with Crippen molar-refractivity contribution in [3.8, 4) is 0 Å². The Hall–Kier alpha value is 0.270. The van der Waals surface area contributed by atoms with E-state index in [0.717, 1.165) is 24.4 Å². The van der Waals surface area contributed by atoms with E-state index in [2.05, 4.69) is 38.0 Å². The molecule has 1 aliphatic rings. The van der Waals surface area contributed by atoms with E-state index in [-0.39, 0.29) is 0 Å². The first kappa shape index (κ1) is 12.3. The van der Waals surface area contributed by atoms with E-state index in [0.29, 0.717) is 6.04 Å². The minimum absolute atomic E-state index is 0.655. The number of thioether (sulfide) groups is 1. The predicted molar refractivity (Wildman–Crippen MR) is 64.0 cm³/mol. The monoisotopic (exact) mass is 217 g/mol. The molecule has 1 aliphatic heterocycles. The van der Waals surface area contributed by atoms with Crippen LogP contribution in [-0.2, 0) is 4.74 Å². The number of hydrogen-bond donors (Lipinski definition) is 1. The highest BCUT2D eigenvalue weighted by atomic mass is 32.2. The molecule has 14 heavy (non-hydrogen) atoms. The molecule has 0 radical (unpaired) electrons. The van der Waals surface area contributed by atoms with Gasteiger partial charge in [-0.1, -0.05) is 13.8 Å². The summed E-state index contributed by atoms with van der Waals surface area (Å²) in [7, 11) is 2.06. The Labute approximate surface area is 92.2 Å². The van der Waals surface area contributed by atoms with Crippen LogP contribution in [0, 0.1) is 5.92 Å². The van der Waals surface area contributed by atoms with Crippen molar-refractivity contribution >= 4 is 11.8 Å². The van der Waals surface area contributed by atoms with Crippen molar-refractivity contribution in [2.45, 2.75) is 38.0 Å². The van der Waals surface area contributed by atoms with Crippen molar-refractivity contribution < 1.29 is 4.74 Å². The molecular weight excluding hydrogens is 194 g/mol. The van der Waals surface area contributed by atoms with Crippen LogP contribution < -0.4 is 5.32 Å². The van der Waals surface area contributed by atoms with Gasteiger partial charge in [-0.15, -0.1) is 0 Å². The van der Waals surface area contributed by atoms with Gasteiger partial charge in [0.1, 0.15) is 0 Å². The Kier molecular flexibility index (Phi) is 5.90. The third-order valence-corrected chi connectivity index (χ3v) is 4.35. The van der Waals surface area contributed by atoms with Crippen LogP contribution in [-0.4, -0.2) is 37.3 Å². The average Bonchev–Trinajstić information content (AvgIpc) is 2.20. The van der Waals surface area contributed by atoms with Crippen LogP contribution in [0.5, 0.6) is 0 Å². The average molecular weight is 217 g/mol. The van der Waals surface area contributed by atoms with Crippen molar-refractivity contribution in [3.05, 3.63) is 0 Å². The molecule has 0 spiro atoms. The molecule has 2 nitrogen and oxygen atoms in total. The molecule has 0 bridgehead atoms. The molecule has 1 N–H and O–H groups in total. The van der Waals surface area contributed by atoms with E-state index in [9.17, 15) is 0 Å². The summed E-state index contributed by atoms with van der Waals surface area (Å²) >= 11 is 2.12. The van der Waals surface area contributed by atoms with Crippen LogP contribution >= 0.6 is 11.8 Å². The Morgan fingerprint density at radius 2 is 2.00 bits per heavy atom. The minimum atomic E-state index is 0.655. The number of ether oxygens (including phenoxy) is 1. The number of rotatable bonds is 5. The van der Waals surface area contributed by atoms with Crippen molar-refractivity contribution in [2.24, 2.45) is 5.92 Å². The van der Waals surface area contributed by atoms with E-state index < -0.39 is 0 Å². The summed E-state index contributed by atoms with van der Waals surface area (Å²) in [6, 6.07) is 0.655. The quantitative estimate of drug-likeness (QED) is 0.762. The first-order valence-electron chi connectivity index (χ1n) is 5.60. The second-order valence-corrected chi connectivity index (χ2v) is 5.62. The molecule has 3 heteroatoms. The Morgan fingerprint density at radius 1 is 1.36 bits per heavy atom. The van der Waals surface area contributed by atoms with E-state index in [1.807, 2.05) is 0 Å². The van der Waals surface area contributed by atoms with Gasteiger partial charge in [0.2, 0.25) is 0 Å². The lowest BCUT2D eigenvalue weighted by atomic mass is 10.1. The highest BCUT2D eigenvalue weighted by Gasteiger charge is 2.17. The molecule has 0 aromatic heterocycles. The summed E-state index contributed by atoms with van der Waals surface area (Å²) in [5.74, 6) is 1.96. The molecule has 1 fully saturated rings. The second kappa shape index (κ2) is 6.70. The van der Waals surface area contributed by atoms with Gasteiger partial charge in [0.25, 0.3) is 0 Å². The Balaban J connectivity index is 2.16. The molecule has 1 saturated heterocycles. The normalized spacial score (nSPS) is 21.4. The molecular formula is C11H23NOS. The SMILES string of the molecule is CNC(CSC1CCOCC1)C(C)C. The molecule has 1 heterocycles. The Bertz CT molecular complexity index is 146. The van der Waals surface area contributed by atoms with Crippen LogP contribution in [0.25, 0.3) is 0 Å². The predicted octanol–water partition coefficient (Wildman–Crippen LogP) is 2.14. The number of hydrogen-bond acceptors (Lipinski definition) is 3. The molecule has 0 aliphatic carbocycles. The first-order chi connectivity index (χ1) is 6.74. The standard InChI is InChI=1S/C11H23NOS/c1-9(2)11(12-3)8-14-10-4-6-13-7-5-10/h9-12H,4-8H2,1-3H3. The Morgan fingerprint density at radius 3 is 2.50 bits per heavy atom. The largest absolute Gasteiger partial charge is 0.381 e. The summed E-state index contributed by atoms with van der Waals surface area (Å²) in [5, 5.41) is 4.22. The third-order valence-electron chi connectivity index (χ3n) is 2.86. The minimum Gasteiger partial charge on any atom is -0.381 e. The smallest absolute Gasteiger partial charge is 0.0476 e. The maximum atomic E-state index is 5.35. The summed E-state index contributed by atoms with van der Waals surface area (Å²) in [6.45, 7) is 6.49. The van der Waals surface area contributed by atoms with Crippen LogP contribution in [0.2, 0.25) is 0 Å². The molecule has 1 rings (SSSR count). The topological polar surface area (TPSA) is 21.3 Å². The van der Waals surface area contributed by atoms with Gasteiger partial charge in [-0.2, -0.15) is 11.8 Å². The van der Waals surface area contributed by atoms with Gasteiger partial charge >= 0.3 is 0 Å². The zero-order chi connectivity index (χ0) is 10.4. The summed E-state index contributed by atoms with van der Waals surface area (Å²) in [4.78, 5) is 0.